The number of anilines is 1. The fourth-order valence-corrected chi connectivity index (χ4v) is 3.98. The number of Topliss-reactive ketones (excluding diaryl/α,β-unsaturated/α-hetero) is 1. The molecule has 3 heterocycles. The highest BCUT2D eigenvalue weighted by Crippen LogP contribution is 2.21. The first-order chi connectivity index (χ1) is 14.1. The van der Waals surface area contributed by atoms with Crippen molar-refractivity contribution >= 4 is 28.7 Å². The maximum atomic E-state index is 12.6. The lowest BCUT2D eigenvalue weighted by molar-refractivity contribution is -0.131. The molecule has 3 aromatic rings. The van der Waals surface area contributed by atoms with Crippen molar-refractivity contribution in [3.63, 3.8) is 0 Å². The number of aromatic nitrogens is 2. The second-order valence-electron chi connectivity index (χ2n) is 6.98. The van der Waals surface area contributed by atoms with E-state index in [0.29, 0.717) is 43.3 Å². The van der Waals surface area contributed by atoms with E-state index in [1.165, 1.54) is 0 Å². The van der Waals surface area contributed by atoms with Crippen LogP contribution in [0.3, 0.4) is 0 Å². The number of carbonyl (C=O) groups is 2. The second-order valence-corrected chi connectivity index (χ2v) is 7.76. The summed E-state index contributed by atoms with van der Waals surface area (Å²) in [6.45, 7) is 4.47. The van der Waals surface area contributed by atoms with Crippen LogP contribution in [0.1, 0.15) is 29.6 Å². The highest BCUT2D eigenvalue weighted by Gasteiger charge is 2.22. The molecule has 1 aliphatic rings. The van der Waals surface area contributed by atoms with Gasteiger partial charge in [-0.3, -0.25) is 9.59 Å². The lowest BCUT2D eigenvalue weighted by Crippen LogP contribution is -2.48. The Morgan fingerprint density at radius 3 is 2.48 bits per heavy atom. The molecular formula is C21H22N4O3S. The quantitative estimate of drug-likeness (QED) is 0.580. The van der Waals surface area contributed by atoms with Crippen LogP contribution in [-0.4, -0.2) is 53.0 Å². The van der Waals surface area contributed by atoms with Gasteiger partial charge in [-0.15, -0.1) is 10.2 Å². The van der Waals surface area contributed by atoms with Crippen LogP contribution in [0.4, 0.5) is 5.69 Å². The smallest absolute Gasteiger partial charge is 0.248 e. The number of rotatable bonds is 6. The van der Waals surface area contributed by atoms with E-state index in [1.54, 1.807) is 18.3 Å². The van der Waals surface area contributed by atoms with E-state index in [-0.39, 0.29) is 11.7 Å². The third kappa shape index (κ3) is 4.54. The zero-order valence-electron chi connectivity index (χ0n) is 16.2. The summed E-state index contributed by atoms with van der Waals surface area (Å²) in [7, 11) is 0. The van der Waals surface area contributed by atoms with Gasteiger partial charge < -0.3 is 14.2 Å². The Hall–Kier alpha value is -3.00. The van der Waals surface area contributed by atoms with Crippen molar-refractivity contribution in [1.29, 1.82) is 0 Å². The maximum Gasteiger partial charge on any atom is 0.248 e. The maximum absolute atomic E-state index is 12.6. The second kappa shape index (κ2) is 8.57. The molecule has 1 aromatic carbocycles. The first kappa shape index (κ1) is 19.3. The first-order valence-corrected chi connectivity index (χ1v) is 10.5. The number of hydrogen-bond acceptors (Lipinski definition) is 7. The van der Waals surface area contributed by atoms with Gasteiger partial charge in [0, 0.05) is 61.2 Å². The summed E-state index contributed by atoms with van der Waals surface area (Å²) in [4.78, 5) is 28.1. The van der Waals surface area contributed by atoms with Crippen molar-refractivity contribution in [3.05, 3.63) is 52.5 Å². The number of hydrogen-bond donors (Lipinski definition) is 0. The van der Waals surface area contributed by atoms with Gasteiger partial charge in [-0.05, 0) is 42.6 Å². The summed E-state index contributed by atoms with van der Waals surface area (Å²) < 4.78 is 5.65. The Morgan fingerprint density at radius 2 is 1.83 bits per heavy atom. The molecule has 0 atom stereocenters. The topological polar surface area (TPSA) is 79.5 Å². The van der Waals surface area contributed by atoms with E-state index < -0.39 is 0 Å². The molecule has 0 radical (unpaired) electrons. The highest BCUT2D eigenvalue weighted by molar-refractivity contribution is 7.08. The van der Waals surface area contributed by atoms with Gasteiger partial charge in [0.25, 0.3) is 0 Å². The molecule has 0 unspecified atom stereocenters. The zero-order chi connectivity index (χ0) is 20.2. The largest absolute Gasteiger partial charge is 0.421 e. The number of nitrogens with zero attached hydrogens (tertiary/aromatic N) is 4. The Bertz CT molecular complexity index is 974. The Morgan fingerprint density at radius 1 is 1.07 bits per heavy atom. The molecule has 1 amide bonds. The summed E-state index contributed by atoms with van der Waals surface area (Å²) in [6.07, 6.45) is 0.807. The number of ketones is 1. The van der Waals surface area contributed by atoms with Gasteiger partial charge in [0.1, 0.15) is 0 Å². The fourth-order valence-electron chi connectivity index (χ4n) is 3.35. The number of amides is 1. The minimum absolute atomic E-state index is 0.0654. The molecule has 29 heavy (non-hydrogen) atoms. The van der Waals surface area contributed by atoms with E-state index in [2.05, 4.69) is 15.1 Å². The molecule has 1 fully saturated rings. The van der Waals surface area contributed by atoms with E-state index in [4.69, 9.17) is 4.42 Å². The van der Waals surface area contributed by atoms with Crippen molar-refractivity contribution in [1.82, 2.24) is 15.1 Å². The minimum atomic E-state index is 0.0654. The molecule has 1 aliphatic heterocycles. The van der Waals surface area contributed by atoms with Crippen LogP contribution in [0.5, 0.6) is 0 Å². The van der Waals surface area contributed by atoms with E-state index in [9.17, 15) is 9.59 Å². The monoisotopic (exact) mass is 410 g/mol. The third-order valence-electron chi connectivity index (χ3n) is 5.06. The molecule has 7 nitrogen and oxygen atoms in total. The number of carbonyl (C=O) groups excluding carboxylic acids is 2. The number of piperazine rings is 1. The molecule has 0 spiro atoms. The van der Waals surface area contributed by atoms with Crippen LogP contribution in [0.15, 0.2) is 45.5 Å². The highest BCUT2D eigenvalue weighted by atomic mass is 32.1. The minimum Gasteiger partial charge on any atom is -0.421 e. The van der Waals surface area contributed by atoms with Crippen LogP contribution in [0.25, 0.3) is 11.5 Å². The number of thiophene rings is 1. The van der Waals surface area contributed by atoms with Gasteiger partial charge in [0.05, 0.1) is 0 Å². The van der Waals surface area contributed by atoms with Gasteiger partial charge in [-0.25, -0.2) is 0 Å². The Kier molecular flexibility index (Phi) is 5.71. The lowest BCUT2D eigenvalue weighted by Gasteiger charge is -2.36. The molecule has 8 heteroatoms. The third-order valence-corrected chi connectivity index (χ3v) is 5.74. The fraction of sp³-hybridized carbons (Fsp3) is 0.333. The standard InChI is InChI=1S/C21H22N4O3S/c1-15(26)16-2-4-18(5-3-16)24-9-11-25(12-10-24)20(27)7-6-19-22-23-21(28-19)17-8-13-29-14-17/h2-5,8,13-14H,6-7,9-12H2,1H3. The predicted molar refractivity (Wildman–Crippen MR) is 111 cm³/mol. The van der Waals surface area contributed by atoms with Gasteiger partial charge in [-0.2, -0.15) is 11.3 Å². The summed E-state index contributed by atoms with van der Waals surface area (Å²) in [5.41, 5.74) is 2.70. The van der Waals surface area contributed by atoms with Crippen LogP contribution in [0.2, 0.25) is 0 Å². The van der Waals surface area contributed by atoms with E-state index in [1.807, 2.05) is 46.0 Å². The summed E-state index contributed by atoms with van der Waals surface area (Å²) in [6, 6.07) is 9.57. The number of benzene rings is 1. The molecule has 0 saturated carbocycles. The first-order valence-electron chi connectivity index (χ1n) is 9.59. The summed E-state index contributed by atoms with van der Waals surface area (Å²) in [5, 5.41) is 12.0. The molecule has 0 N–H and O–H groups in total. The lowest BCUT2D eigenvalue weighted by atomic mass is 10.1. The summed E-state index contributed by atoms with van der Waals surface area (Å²) in [5.74, 6) is 1.16. The van der Waals surface area contributed by atoms with E-state index >= 15 is 0 Å². The predicted octanol–water partition coefficient (Wildman–Crippen LogP) is 3.28. The van der Waals surface area contributed by atoms with Crippen molar-refractivity contribution in [2.75, 3.05) is 31.1 Å². The van der Waals surface area contributed by atoms with Crippen LogP contribution >= 0.6 is 11.3 Å². The molecule has 2 aromatic heterocycles. The average molecular weight is 410 g/mol. The number of aryl methyl sites for hydroxylation is 1. The molecule has 1 saturated heterocycles. The van der Waals surface area contributed by atoms with Crippen molar-refractivity contribution in [2.45, 2.75) is 19.8 Å². The van der Waals surface area contributed by atoms with Gasteiger partial charge in [-0.1, -0.05) is 0 Å². The van der Waals surface area contributed by atoms with Crippen LogP contribution in [0, 0.1) is 0 Å². The SMILES string of the molecule is CC(=O)c1ccc(N2CCN(C(=O)CCc3nnc(-c4ccsc4)o3)CC2)cc1. The Balaban J connectivity index is 1.26. The van der Waals surface area contributed by atoms with Crippen molar-refractivity contribution in [3.8, 4) is 11.5 Å². The van der Waals surface area contributed by atoms with Gasteiger partial charge in [0.15, 0.2) is 5.78 Å². The van der Waals surface area contributed by atoms with Crippen molar-refractivity contribution in [2.24, 2.45) is 0 Å². The van der Waals surface area contributed by atoms with E-state index in [0.717, 1.165) is 24.3 Å². The van der Waals surface area contributed by atoms with Crippen molar-refractivity contribution < 1.29 is 14.0 Å². The molecule has 150 valence electrons. The molecular weight excluding hydrogens is 388 g/mol. The van der Waals surface area contributed by atoms with Crippen LogP contribution < -0.4 is 4.90 Å². The average Bonchev–Trinajstić information content (AvgIpc) is 3.44. The Labute approximate surface area is 173 Å². The van der Waals surface area contributed by atoms with Crippen LogP contribution in [-0.2, 0) is 11.2 Å². The summed E-state index contributed by atoms with van der Waals surface area (Å²) >= 11 is 1.57. The molecule has 0 aliphatic carbocycles. The molecule has 4 rings (SSSR count). The van der Waals surface area contributed by atoms with Gasteiger partial charge >= 0.3 is 0 Å². The van der Waals surface area contributed by atoms with Gasteiger partial charge in [0.2, 0.25) is 17.7 Å². The zero-order valence-corrected chi connectivity index (χ0v) is 17.0. The molecule has 0 bridgehead atoms. The normalized spacial score (nSPS) is 14.2.